The average molecular weight is 243 g/mol. The minimum absolute atomic E-state index is 0.113. The van der Waals surface area contributed by atoms with Crippen LogP contribution in [0.2, 0.25) is 0 Å². The zero-order valence-electron chi connectivity index (χ0n) is 9.04. The number of hydrogen-bond acceptors (Lipinski definition) is 5. The third-order valence-electron chi connectivity index (χ3n) is 1.72. The number of pyridine rings is 1. The van der Waals surface area contributed by atoms with Gasteiger partial charge < -0.3 is 10.6 Å². The Kier molecular flexibility index (Phi) is 3.83. The molecule has 0 radical (unpaired) electrons. The molecule has 0 aliphatic heterocycles. The molecule has 16 heavy (non-hydrogen) atoms. The first kappa shape index (κ1) is 12.4. The predicted molar refractivity (Wildman–Crippen MR) is 59.7 cm³/mol. The van der Waals surface area contributed by atoms with Gasteiger partial charge in [-0.05, 0) is 19.1 Å². The van der Waals surface area contributed by atoms with Crippen molar-refractivity contribution in [3.8, 4) is 0 Å². The first-order chi connectivity index (χ1) is 7.45. The van der Waals surface area contributed by atoms with E-state index in [0.717, 1.165) is 6.26 Å². The molecule has 0 saturated carbocycles. The van der Waals surface area contributed by atoms with Crippen LogP contribution in [-0.4, -0.2) is 32.1 Å². The van der Waals surface area contributed by atoms with E-state index in [2.05, 4.69) is 10.1 Å². The highest BCUT2D eigenvalue weighted by molar-refractivity contribution is 7.90. The van der Waals surface area contributed by atoms with Crippen LogP contribution >= 0.6 is 0 Å². The lowest BCUT2D eigenvalue weighted by atomic mass is 10.3. The summed E-state index contributed by atoms with van der Waals surface area (Å²) >= 11 is 0. The van der Waals surface area contributed by atoms with Gasteiger partial charge in [0.15, 0.2) is 15.7 Å². The van der Waals surface area contributed by atoms with Crippen LogP contribution in [0.5, 0.6) is 0 Å². The molecule has 0 amide bonds. The molecule has 2 N–H and O–H groups in total. The Morgan fingerprint density at radius 3 is 2.69 bits per heavy atom. The van der Waals surface area contributed by atoms with Crippen molar-refractivity contribution in [1.29, 1.82) is 0 Å². The minimum atomic E-state index is -3.24. The van der Waals surface area contributed by atoms with E-state index in [1.165, 1.54) is 18.3 Å². The highest BCUT2D eigenvalue weighted by atomic mass is 32.2. The summed E-state index contributed by atoms with van der Waals surface area (Å²) in [6, 6.07) is 2.90. The van der Waals surface area contributed by atoms with Gasteiger partial charge in [0.1, 0.15) is 12.3 Å². The monoisotopic (exact) mass is 243 g/mol. The van der Waals surface area contributed by atoms with Crippen LogP contribution in [0.3, 0.4) is 0 Å². The van der Waals surface area contributed by atoms with E-state index in [-0.39, 0.29) is 10.7 Å². The van der Waals surface area contributed by atoms with Crippen molar-refractivity contribution in [2.24, 2.45) is 10.9 Å². The van der Waals surface area contributed by atoms with Gasteiger partial charge >= 0.3 is 0 Å². The molecule has 1 heterocycles. The number of amidine groups is 1. The molecule has 0 aromatic carbocycles. The van der Waals surface area contributed by atoms with Crippen molar-refractivity contribution in [2.45, 2.75) is 11.8 Å². The SMILES string of the molecule is CCO/N=C(\N)c1ccc(S(C)(=O)=O)cn1. The van der Waals surface area contributed by atoms with Gasteiger partial charge in [0.25, 0.3) is 0 Å². The fourth-order valence-corrected chi connectivity index (χ4v) is 1.49. The molecule has 0 spiro atoms. The third kappa shape index (κ3) is 3.20. The van der Waals surface area contributed by atoms with Gasteiger partial charge in [-0.25, -0.2) is 8.42 Å². The van der Waals surface area contributed by atoms with Crippen molar-refractivity contribution in [3.05, 3.63) is 24.0 Å². The number of sulfone groups is 1. The zero-order chi connectivity index (χ0) is 12.2. The quantitative estimate of drug-likeness (QED) is 0.461. The molecule has 0 saturated heterocycles. The molecule has 0 fully saturated rings. The van der Waals surface area contributed by atoms with Gasteiger partial charge in [0.05, 0.1) is 4.90 Å². The van der Waals surface area contributed by atoms with Crippen LogP contribution in [0, 0.1) is 0 Å². The van der Waals surface area contributed by atoms with Crippen LogP contribution in [0.4, 0.5) is 0 Å². The molecule has 0 aliphatic rings. The highest BCUT2D eigenvalue weighted by Gasteiger charge is 2.08. The lowest BCUT2D eigenvalue weighted by molar-refractivity contribution is 0.158. The largest absolute Gasteiger partial charge is 0.394 e. The number of aromatic nitrogens is 1. The normalized spacial score (nSPS) is 12.5. The Labute approximate surface area is 94.0 Å². The number of rotatable bonds is 4. The topological polar surface area (TPSA) is 94.6 Å². The second-order valence-electron chi connectivity index (χ2n) is 3.05. The number of nitrogens with zero attached hydrogens (tertiary/aromatic N) is 2. The maximum Gasteiger partial charge on any atom is 0.188 e. The van der Waals surface area contributed by atoms with Crippen molar-refractivity contribution in [3.63, 3.8) is 0 Å². The summed E-state index contributed by atoms with van der Waals surface area (Å²) in [6.45, 7) is 2.18. The average Bonchev–Trinajstić information content (AvgIpc) is 2.25. The minimum Gasteiger partial charge on any atom is -0.394 e. The molecule has 7 heteroatoms. The molecule has 88 valence electrons. The molecular formula is C9H13N3O3S. The Morgan fingerprint density at radius 1 is 1.56 bits per heavy atom. The number of hydrogen-bond donors (Lipinski definition) is 1. The Bertz CT molecular complexity index is 479. The van der Waals surface area contributed by atoms with Crippen LogP contribution < -0.4 is 5.73 Å². The molecule has 1 aromatic rings. The van der Waals surface area contributed by atoms with E-state index >= 15 is 0 Å². The zero-order valence-corrected chi connectivity index (χ0v) is 9.86. The summed E-state index contributed by atoms with van der Waals surface area (Å²) in [5, 5.41) is 3.59. The van der Waals surface area contributed by atoms with Crippen molar-refractivity contribution < 1.29 is 13.3 Å². The molecule has 0 unspecified atom stereocenters. The lowest BCUT2D eigenvalue weighted by Crippen LogP contribution is -2.16. The van der Waals surface area contributed by atoms with Crippen LogP contribution in [0.1, 0.15) is 12.6 Å². The Balaban J connectivity index is 2.96. The molecule has 0 atom stereocenters. The summed E-state index contributed by atoms with van der Waals surface area (Å²) in [4.78, 5) is 8.77. The molecule has 6 nitrogen and oxygen atoms in total. The van der Waals surface area contributed by atoms with E-state index < -0.39 is 9.84 Å². The fraction of sp³-hybridized carbons (Fsp3) is 0.333. The van der Waals surface area contributed by atoms with E-state index in [9.17, 15) is 8.42 Å². The molecular weight excluding hydrogens is 230 g/mol. The lowest BCUT2D eigenvalue weighted by Gasteiger charge is -2.01. The summed E-state index contributed by atoms with van der Waals surface area (Å²) in [5.74, 6) is 0.113. The first-order valence-electron chi connectivity index (χ1n) is 4.57. The van der Waals surface area contributed by atoms with Gasteiger partial charge in [-0.3, -0.25) is 4.98 Å². The van der Waals surface area contributed by atoms with E-state index in [1.807, 2.05) is 0 Å². The number of oxime groups is 1. The fourth-order valence-electron chi connectivity index (χ4n) is 0.932. The van der Waals surface area contributed by atoms with Gasteiger partial charge in [0, 0.05) is 12.5 Å². The maximum absolute atomic E-state index is 11.2. The molecule has 0 bridgehead atoms. The third-order valence-corrected chi connectivity index (χ3v) is 2.82. The van der Waals surface area contributed by atoms with Crippen LogP contribution in [-0.2, 0) is 14.7 Å². The summed E-state index contributed by atoms with van der Waals surface area (Å²) < 4.78 is 22.3. The van der Waals surface area contributed by atoms with Crippen LogP contribution in [0.15, 0.2) is 28.4 Å². The van der Waals surface area contributed by atoms with Crippen molar-refractivity contribution >= 4 is 15.7 Å². The predicted octanol–water partition coefficient (Wildman–Crippen LogP) is 0.142. The van der Waals surface area contributed by atoms with Gasteiger partial charge in [-0.1, -0.05) is 5.16 Å². The van der Waals surface area contributed by atoms with Crippen molar-refractivity contribution in [1.82, 2.24) is 4.98 Å². The van der Waals surface area contributed by atoms with Gasteiger partial charge in [0.2, 0.25) is 0 Å². The van der Waals surface area contributed by atoms with Crippen molar-refractivity contribution in [2.75, 3.05) is 12.9 Å². The van der Waals surface area contributed by atoms with Crippen LogP contribution in [0.25, 0.3) is 0 Å². The standard InChI is InChI=1S/C9H13N3O3S/c1-3-15-12-9(10)8-5-4-7(6-11-8)16(2,13)14/h4-6H,3H2,1-2H3,(H2,10,12). The maximum atomic E-state index is 11.2. The number of nitrogens with two attached hydrogens (primary N) is 1. The summed E-state index contributed by atoms with van der Waals surface area (Å²) in [5.41, 5.74) is 5.93. The Morgan fingerprint density at radius 2 is 2.25 bits per heavy atom. The molecule has 0 aliphatic carbocycles. The second kappa shape index (κ2) is 4.93. The van der Waals surface area contributed by atoms with E-state index in [1.54, 1.807) is 6.92 Å². The van der Waals surface area contributed by atoms with E-state index in [4.69, 9.17) is 10.6 Å². The smallest absolute Gasteiger partial charge is 0.188 e. The summed E-state index contributed by atoms with van der Waals surface area (Å²) in [6.07, 6.45) is 2.35. The Hall–Kier alpha value is -1.63. The first-order valence-corrected chi connectivity index (χ1v) is 6.46. The highest BCUT2D eigenvalue weighted by Crippen LogP contribution is 2.07. The van der Waals surface area contributed by atoms with Gasteiger partial charge in [-0.15, -0.1) is 0 Å². The van der Waals surface area contributed by atoms with E-state index in [0.29, 0.717) is 12.3 Å². The molecule has 1 aromatic heterocycles. The second-order valence-corrected chi connectivity index (χ2v) is 5.06. The van der Waals surface area contributed by atoms with Gasteiger partial charge in [-0.2, -0.15) is 0 Å². The summed E-state index contributed by atoms with van der Waals surface area (Å²) in [7, 11) is -3.24. The molecule has 1 rings (SSSR count).